The highest BCUT2D eigenvalue weighted by molar-refractivity contribution is 5.79. The van der Waals surface area contributed by atoms with Crippen LogP contribution in [0.25, 0.3) is 5.57 Å². The molecule has 1 aliphatic rings. The average Bonchev–Trinajstić information content (AvgIpc) is 2.98. The van der Waals surface area contributed by atoms with Crippen molar-refractivity contribution in [3.05, 3.63) is 59.9 Å². The quantitative estimate of drug-likeness (QED) is 0.845. The van der Waals surface area contributed by atoms with Gasteiger partial charge in [-0.25, -0.2) is 4.68 Å². The Morgan fingerprint density at radius 3 is 2.62 bits per heavy atom. The summed E-state index contributed by atoms with van der Waals surface area (Å²) in [6, 6.07) is 8.63. The molecule has 0 saturated carbocycles. The molecule has 1 aromatic heterocycles. The highest BCUT2D eigenvalue weighted by Crippen LogP contribution is 2.30. The molecule has 0 amide bonds. The third-order valence-corrected chi connectivity index (χ3v) is 3.59. The van der Waals surface area contributed by atoms with Crippen LogP contribution in [0.5, 0.6) is 0 Å². The Kier molecular flexibility index (Phi) is 4.10. The molecule has 1 unspecified atom stereocenters. The van der Waals surface area contributed by atoms with Crippen LogP contribution in [0, 0.1) is 0 Å². The summed E-state index contributed by atoms with van der Waals surface area (Å²) in [5, 5.41) is 4.19. The molecule has 1 aliphatic heterocycles. The van der Waals surface area contributed by atoms with E-state index in [0.717, 1.165) is 19.3 Å². The van der Waals surface area contributed by atoms with Crippen molar-refractivity contribution in [2.75, 3.05) is 6.61 Å². The van der Waals surface area contributed by atoms with Gasteiger partial charge in [-0.05, 0) is 24.8 Å². The maximum Gasteiger partial charge on any atom is 0.278 e. The van der Waals surface area contributed by atoms with E-state index in [1.165, 1.54) is 6.20 Å². The van der Waals surface area contributed by atoms with Gasteiger partial charge in [0.25, 0.3) is 6.08 Å². The maximum absolute atomic E-state index is 13.3. The zero-order valence-electron chi connectivity index (χ0n) is 11.5. The van der Waals surface area contributed by atoms with Crippen molar-refractivity contribution in [3.8, 4) is 0 Å². The molecule has 0 spiro atoms. The lowest BCUT2D eigenvalue weighted by molar-refractivity contribution is -0.0395. The molecule has 1 atom stereocenters. The minimum absolute atomic E-state index is 0.0716. The number of rotatable bonds is 3. The van der Waals surface area contributed by atoms with Crippen molar-refractivity contribution in [1.29, 1.82) is 0 Å². The van der Waals surface area contributed by atoms with E-state index in [1.54, 1.807) is 41.2 Å². The van der Waals surface area contributed by atoms with Gasteiger partial charge in [-0.3, -0.25) is 0 Å². The number of hydrogen-bond acceptors (Lipinski definition) is 2. The molecule has 3 nitrogen and oxygen atoms in total. The Morgan fingerprint density at radius 1 is 1.14 bits per heavy atom. The van der Waals surface area contributed by atoms with Crippen LogP contribution >= 0.6 is 0 Å². The second-order valence-corrected chi connectivity index (χ2v) is 5.03. The van der Waals surface area contributed by atoms with E-state index in [9.17, 15) is 8.78 Å². The van der Waals surface area contributed by atoms with Crippen molar-refractivity contribution in [3.63, 3.8) is 0 Å². The fourth-order valence-electron chi connectivity index (χ4n) is 2.55. The molecule has 5 heteroatoms. The Morgan fingerprint density at radius 2 is 1.95 bits per heavy atom. The first-order valence-corrected chi connectivity index (χ1v) is 7.02. The molecule has 1 saturated heterocycles. The monoisotopic (exact) mass is 290 g/mol. The van der Waals surface area contributed by atoms with Gasteiger partial charge in [-0.1, -0.05) is 30.3 Å². The van der Waals surface area contributed by atoms with Crippen LogP contribution in [0.15, 0.2) is 48.8 Å². The van der Waals surface area contributed by atoms with Gasteiger partial charge in [0, 0.05) is 18.4 Å². The number of benzene rings is 1. The smallest absolute Gasteiger partial charge is 0.278 e. The predicted molar refractivity (Wildman–Crippen MR) is 75.7 cm³/mol. The van der Waals surface area contributed by atoms with Crippen molar-refractivity contribution < 1.29 is 13.5 Å². The fourth-order valence-corrected chi connectivity index (χ4v) is 2.55. The summed E-state index contributed by atoms with van der Waals surface area (Å²) < 4.78 is 33.9. The van der Waals surface area contributed by atoms with E-state index < -0.39 is 6.08 Å². The minimum Gasteiger partial charge on any atom is -0.357 e. The molecule has 0 bridgehead atoms. The van der Waals surface area contributed by atoms with Crippen LogP contribution in [0.3, 0.4) is 0 Å². The lowest BCUT2D eigenvalue weighted by Crippen LogP contribution is -2.18. The van der Waals surface area contributed by atoms with Crippen LogP contribution < -0.4 is 0 Å². The summed E-state index contributed by atoms with van der Waals surface area (Å²) in [6.07, 6.45) is 4.23. The maximum atomic E-state index is 13.3. The SMILES string of the molecule is FC(F)=C(c1ccccc1)c1cnn(C2CCCCO2)c1. The summed E-state index contributed by atoms with van der Waals surface area (Å²) in [5.74, 6) is 0. The van der Waals surface area contributed by atoms with E-state index >= 15 is 0 Å². The highest BCUT2D eigenvalue weighted by atomic mass is 19.3. The van der Waals surface area contributed by atoms with Crippen LogP contribution in [0.4, 0.5) is 8.78 Å². The number of nitrogens with zero attached hydrogens (tertiary/aromatic N) is 2. The van der Waals surface area contributed by atoms with Crippen LogP contribution in [0.2, 0.25) is 0 Å². The minimum atomic E-state index is -1.70. The lowest BCUT2D eigenvalue weighted by atomic mass is 10.0. The average molecular weight is 290 g/mol. The number of aromatic nitrogens is 2. The summed E-state index contributed by atoms with van der Waals surface area (Å²) in [5.41, 5.74) is 0.828. The summed E-state index contributed by atoms with van der Waals surface area (Å²) in [6.45, 7) is 0.693. The van der Waals surface area contributed by atoms with Gasteiger partial charge >= 0.3 is 0 Å². The van der Waals surface area contributed by atoms with E-state index in [1.807, 2.05) is 0 Å². The fraction of sp³-hybridized carbons (Fsp3) is 0.312. The zero-order chi connectivity index (χ0) is 14.7. The van der Waals surface area contributed by atoms with E-state index in [0.29, 0.717) is 17.7 Å². The van der Waals surface area contributed by atoms with Crippen molar-refractivity contribution in [2.24, 2.45) is 0 Å². The summed E-state index contributed by atoms with van der Waals surface area (Å²) in [4.78, 5) is 0. The summed E-state index contributed by atoms with van der Waals surface area (Å²) >= 11 is 0. The van der Waals surface area contributed by atoms with Crippen LogP contribution in [-0.2, 0) is 4.74 Å². The zero-order valence-corrected chi connectivity index (χ0v) is 11.5. The largest absolute Gasteiger partial charge is 0.357 e. The first-order chi connectivity index (χ1) is 10.3. The lowest BCUT2D eigenvalue weighted by Gasteiger charge is -2.22. The first kappa shape index (κ1) is 13.9. The second-order valence-electron chi connectivity index (χ2n) is 5.03. The molecule has 110 valence electrons. The number of ether oxygens (including phenoxy) is 1. The van der Waals surface area contributed by atoms with Gasteiger partial charge in [0.1, 0.15) is 6.23 Å². The Bertz CT molecular complexity index is 627. The molecular weight excluding hydrogens is 274 g/mol. The van der Waals surface area contributed by atoms with Gasteiger partial charge in [0.05, 0.1) is 11.8 Å². The Labute approximate surface area is 121 Å². The van der Waals surface area contributed by atoms with Crippen molar-refractivity contribution in [1.82, 2.24) is 9.78 Å². The predicted octanol–water partition coefficient (Wildman–Crippen LogP) is 4.24. The van der Waals surface area contributed by atoms with Crippen LogP contribution in [-0.4, -0.2) is 16.4 Å². The number of halogens is 2. The molecule has 3 rings (SSSR count). The van der Waals surface area contributed by atoms with Crippen molar-refractivity contribution >= 4 is 5.57 Å². The van der Waals surface area contributed by atoms with Gasteiger partial charge in [-0.15, -0.1) is 0 Å². The molecule has 21 heavy (non-hydrogen) atoms. The van der Waals surface area contributed by atoms with Crippen LogP contribution in [0.1, 0.15) is 36.6 Å². The molecule has 0 N–H and O–H groups in total. The number of hydrogen-bond donors (Lipinski definition) is 0. The molecule has 1 fully saturated rings. The van der Waals surface area contributed by atoms with Gasteiger partial charge < -0.3 is 4.74 Å². The molecule has 2 aromatic rings. The Hall–Kier alpha value is -2.01. The van der Waals surface area contributed by atoms with E-state index in [2.05, 4.69) is 5.10 Å². The second kappa shape index (κ2) is 6.18. The van der Waals surface area contributed by atoms with E-state index in [-0.39, 0.29) is 11.8 Å². The van der Waals surface area contributed by atoms with E-state index in [4.69, 9.17) is 4.74 Å². The molecule has 2 heterocycles. The van der Waals surface area contributed by atoms with Gasteiger partial charge in [-0.2, -0.15) is 13.9 Å². The van der Waals surface area contributed by atoms with Gasteiger partial charge in [0.2, 0.25) is 0 Å². The Balaban J connectivity index is 1.92. The molecular formula is C16H16F2N2O. The topological polar surface area (TPSA) is 27.1 Å². The highest BCUT2D eigenvalue weighted by Gasteiger charge is 2.19. The van der Waals surface area contributed by atoms with Crippen molar-refractivity contribution in [2.45, 2.75) is 25.5 Å². The first-order valence-electron chi connectivity index (χ1n) is 7.02. The molecule has 1 aromatic carbocycles. The third-order valence-electron chi connectivity index (χ3n) is 3.59. The van der Waals surface area contributed by atoms with Gasteiger partial charge in [0.15, 0.2) is 0 Å². The molecule has 0 radical (unpaired) electrons. The third kappa shape index (κ3) is 3.03. The molecule has 0 aliphatic carbocycles. The standard InChI is InChI=1S/C16H16F2N2O/c17-16(18)15(12-6-2-1-3-7-12)13-10-19-20(11-13)14-8-4-5-9-21-14/h1-3,6-7,10-11,14H,4-5,8-9H2. The summed E-state index contributed by atoms with van der Waals surface area (Å²) in [7, 11) is 0. The normalized spacial score (nSPS) is 18.5.